The number of aliphatic hydroxyl groups is 5. The van der Waals surface area contributed by atoms with Gasteiger partial charge in [-0.2, -0.15) is 0 Å². The van der Waals surface area contributed by atoms with Gasteiger partial charge in [0.25, 0.3) is 0 Å². The van der Waals surface area contributed by atoms with E-state index in [1.165, 1.54) is 38.5 Å². The first-order valence-electron chi connectivity index (χ1n) is 17.7. The minimum Gasteiger partial charge on any atom is -0.455 e. The van der Waals surface area contributed by atoms with E-state index in [0.717, 1.165) is 76.2 Å². The van der Waals surface area contributed by atoms with E-state index in [-0.39, 0.29) is 44.6 Å². The Balaban J connectivity index is 1.91. The van der Waals surface area contributed by atoms with Gasteiger partial charge in [-0.05, 0) is 51.5 Å². The quantitative estimate of drug-likeness (QED) is 0.0494. The molecule has 0 aromatic carbocycles. The van der Waals surface area contributed by atoms with E-state index in [1.54, 1.807) is 0 Å². The molecule has 0 aliphatic carbocycles. The number of hydrogen-bond acceptors (Lipinski definition) is 9. The fourth-order valence-corrected chi connectivity index (χ4v) is 5.50. The molecule has 1 rings (SSSR count). The van der Waals surface area contributed by atoms with Crippen molar-refractivity contribution >= 4 is 5.97 Å². The Labute approximate surface area is 267 Å². The highest BCUT2D eigenvalue weighted by Crippen LogP contribution is 2.20. The lowest BCUT2D eigenvalue weighted by atomic mass is 10.0. The summed E-state index contributed by atoms with van der Waals surface area (Å²) >= 11 is 0. The van der Waals surface area contributed by atoms with Crippen molar-refractivity contribution in [3.63, 3.8) is 0 Å². The molecule has 0 radical (unpaired) electrons. The molecule has 0 bridgehead atoms. The highest BCUT2D eigenvalue weighted by atomic mass is 16.5. The second-order valence-corrected chi connectivity index (χ2v) is 12.8. The van der Waals surface area contributed by atoms with Gasteiger partial charge in [0.05, 0.1) is 44.7 Å². The number of aliphatic hydroxyl groups excluding tert-OH is 5. The van der Waals surface area contributed by atoms with Crippen LogP contribution in [0.15, 0.2) is 11.6 Å². The first-order chi connectivity index (χ1) is 21.2. The Hall–Kier alpha value is -1.07. The van der Waals surface area contributed by atoms with Gasteiger partial charge < -0.3 is 39.7 Å². The van der Waals surface area contributed by atoms with Gasteiger partial charge >= 0.3 is 5.97 Å². The fourth-order valence-electron chi connectivity index (χ4n) is 5.50. The molecule has 0 aromatic rings. The first-order valence-corrected chi connectivity index (χ1v) is 17.7. The number of rotatable bonds is 31. The van der Waals surface area contributed by atoms with Crippen molar-refractivity contribution < 1.29 is 44.5 Å². The SMILES string of the molecule is CCCCCCCCCC[C@H](O)COC[C@H](O)[C@@H](O)COC[C@@H](O)CCCC[C@@H](O)CCCCCCCC1=C[C@H](C)OC1=O. The number of esters is 1. The van der Waals surface area contributed by atoms with Crippen LogP contribution in [0.25, 0.3) is 0 Å². The molecule has 1 aliphatic rings. The minimum absolute atomic E-state index is 0.0714. The molecule has 9 heteroatoms. The van der Waals surface area contributed by atoms with Crippen LogP contribution in [0.2, 0.25) is 0 Å². The summed E-state index contributed by atoms with van der Waals surface area (Å²) in [6, 6.07) is 0. The highest BCUT2D eigenvalue weighted by Gasteiger charge is 2.21. The van der Waals surface area contributed by atoms with Gasteiger partial charge in [-0.3, -0.25) is 0 Å². The van der Waals surface area contributed by atoms with Crippen molar-refractivity contribution in [3.8, 4) is 0 Å². The predicted molar refractivity (Wildman–Crippen MR) is 173 cm³/mol. The molecule has 1 heterocycles. The Morgan fingerprint density at radius 1 is 0.614 bits per heavy atom. The summed E-state index contributed by atoms with van der Waals surface area (Å²) in [6.45, 7) is 4.10. The van der Waals surface area contributed by atoms with Crippen LogP contribution in [0.5, 0.6) is 0 Å². The molecule has 0 unspecified atom stereocenters. The molecule has 5 N–H and O–H groups in total. The van der Waals surface area contributed by atoms with Crippen molar-refractivity contribution in [1.29, 1.82) is 0 Å². The molecule has 1 aliphatic heterocycles. The van der Waals surface area contributed by atoms with Gasteiger partial charge in [-0.25, -0.2) is 4.79 Å². The minimum atomic E-state index is -1.13. The molecule has 0 amide bonds. The highest BCUT2D eigenvalue weighted by molar-refractivity contribution is 5.90. The first kappa shape index (κ1) is 41.0. The van der Waals surface area contributed by atoms with E-state index in [1.807, 2.05) is 13.0 Å². The summed E-state index contributed by atoms with van der Waals surface area (Å²) in [4.78, 5) is 11.6. The van der Waals surface area contributed by atoms with E-state index in [9.17, 15) is 30.3 Å². The maximum Gasteiger partial charge on any atom is 0.334 e. The van der Waals surface area contributed by atoms with Crippen molar-refractivity contribution in [1.82, 2.24) is 0 Å². The zero-order chi connectivity index (χ0) is 32.4. The Bertz CT molecular complexity index is 716. The zero-order valence-electron chi connectivity index (χ0n) is 27.9. The second kappa shape index (κ2) is 27.1. The summed E-state index contributed by atoms with van der Waals surface area (Å²) in [7, 11) is 0. The molecule has 260 valence electrons. The van der Waals surface area contributed by atoms with E-state index >= 15 is 0 Å². The predicted octanol–water partition coefficient (Wildman–Crippen LogP) is 5.52. The average Bonchev–Trinajstić information content (AvgIpc) is 3.32. The summed E-state index contributed by atoms with van der Waals surface area (Å²) in [5.41, 5.74) is 0.804. The average molecular weight is 631 g/mol. The van der Waals surface area contributed by atoms with Crippen molar-refractivity contribution in [3.05, 3.63) is 11.6 Å². The van der Waals surface area contributed by atoms with Crippen LogP contribution in [0, 0.1) is 0 Å². The lowest BCUT2D eigenvalue weighted by Gasteiger charge is -2.20. The van der Waals surface area contributed by atoms with Crippen LogP contribution < -0.4 is 0 Å². The third-order valence-electron chi connectivity index (χ3n) is 8.33. The number of ether oxygens (including phenoxy) is 3. The van der Waals surface area contributed by atoms with E-state index in [2.05, 4.69) is 6.92 Å². The van der Waals surface area contributed by atoms with Crippen molar-refractivity contribution in [2.24, 2.45) is 0 Å². The maximum absolute atomic E-state index is 11.6. The molecule has 44 heavy (non-hydrogen) atoms. The third kappa shape index (κ3) is 22.4. The van der Waals surface area contributed by atoms with Crippen LogP contribution >= 0.6 is 0 Å². The number of cyclic esters (lactones) is 1. The monoisotopic (exact) mass is 630 g/mol. The number of unbranched alkanes of at least 4 members (excludes halogenated alkanes) is 12. The summed E-state index contributed by atoms with van der Waals surface area (Å²) < 4.78 is 15.9. The smallest absolute Gasteiger partial charge is 0.334 e. The van der Waals surface area contributed by atoms with Crippen LogP contribution in [0.4, 0.5) is 0 Å². The molecular weight excluding hydrogens is 564 g/mol. The summed E-state index contributed by atoms with van der Waals surface area (Å²) in [5, 5.41) is 50.6. The second-order valence-electron chi connectivity index (χ2n) is 12.8. The summed E-state index contributed by atoms with van der Waals surface area (Å²) in [5.74, 6) is -0.173. The lowest BCUT2D eigenvalue weighted by molar-refractivity contribution is -0.139. The van der Waals surface area contributed by atoms with Crippen molar-refractivity contribution in [2.45, 2.75) is 179 Å². The van der Waals surface area contributed by atoms with Gasteiger partial charge in [0, 0.05) is 5.57 Å². The van der Waals surface area contributed by atoms with Gasteiger partial charge in [-0.15, -0.1) is 0 Å². The number of carbonyl (C=O) groups is 1. The molecular formula is C35H66O9. The van der Waals surface area contributed by atoms with Crippen LogP contribution in [-0.4, -0.2) is 94.6 Å². The van der Waals surface area contributed by atoms with Crippen LogP contribution in [-0.2, 0) is 19.0 Å². The molecule has 0 spiro atoms. The molecule has 0 saturated heterocycles. The lowest BCUT2D eigenvalue weighted by Crippen LogP contribution is -2.36. The van der Waals surface area contributed by atoms with E-state index in [0.29, 0.717) is 19.3 Å². The molecule has 0 fully saturated rings. The van der Waals surface area contributed by atoms with E-state index in [4.69, 9.17) is 14.2 Å². The van der Waals surface area contributed by atoms with Crippen molar-refractivity contribution in [2.75, 3.05) is 26.4 Å². The fraction of sp³-hybridized carbons (Fsp3) is 0.914. The van der Waals surface area contributed by atoms with Crippen LogP contribution in [0.1, 0.15) is 142 Å². The largest absolute Gasteiger partial charge is 0.455 e. The molecule has 6 atom stereocenters. The maximum atomic E-state index is 11.6. The normalized spacial score (nSPS) is 18.6. The summed E-state index contributed by atoms with van der Waals surface area (Å²) in [6.07, 6.45) is 18.0. The van der Waals surface area contributed by atoms with Gasteiger partial charge in [0.1, 0.15) is 18.3 Å². The standard InChI is InChI=1S/C35H66O9/c1-3-4-5-6-7-8-11-15-21-31(37)24-42-26-33(39)34(40)27-43-25-32(38)22-17-16-20-30(36)19-14-12-9-10-13-18-29-23-28(2)44-35(29)41/h23,28,30-34,36-40H,3-22,24-27H2,1-2H3/t28-,30-,31-,32-,33-,34-/m0/s1. The zero-order valence-corrected chi connectivity index (χ0v) is 27.9. The Morgan fingerprint density at radius 3 is 1.48 bits per heavy atom. The van der Waals surface area contributed by atoms with E-state index < -0.39 is 24.4 Å². The van der Waals surface area contributed by atoms with Gasteiger partial charge in [0.15, 0.2) is 0 Å². The number of hydrogen-bond donors (Lipinski definition) is 5. The Kier molecular flexibility index (Phi) is 25.2. The van der Waals surface area contributed by atoms with Crippen LogP contribution in [0.3, 0.4) is 0 Å². The Morgan fingerprint density at radius 2 is 1.02 bits per heavy atom. The number of carbonyl (C=O) groups excluding carboxylic acids is 1. The van der Waals surface area contributed by atoms with Gasteiger partial charge in [0.2, 0.25) is 0 Å². The van der Waals surface area contributed by atoms with Gasteiger partial charge in [-0.1, -0.05) is 96.8 Å². The third-order valence-corrected chi connectivity index (χ3v) is 8.33. The molecule has 9 nitrogen and oxygen atoms in total. The molecule has 0 saturated carbocycles. The topological polar surface area (TPSA) is 146 Å². The molecule has 0 aromatic heterocycles.